The van der Waals surface area contributed by atoms with Crippen molar-refractivity contribution < 1.29 is 0 Å². The van der Waals surface area contributed by atoms with Gasteiger partial charge in [-0.15, -0.1) is 11.3 Å². The van der Waals surface area contributed by atoms with Gasteiger partial charge in [-0.2, -0.15) is 0 Å². The molecule has 0 aromatic carbocycles. The first-order valence-corrected chi connectivity index (χ1v) is 10.1. The van der Waals surface area contributed by atoms with Crippen LogP contribution in [0.4, 0.5) is 0 Å². The van der Waals surface area contributed by atoms with Gasteiger partial charge in [0.1, 0.15) is 0 Å². The monoisotopic (exact) mass is 341 g/mol. The van der Waals surface area contributed by atoms with Gasteiger partial charge in [0.2, 0.25) is 0 Å². The standard InChI is InChI=1S/C20H27N3S/c1-2-10-21-18(4-1)16-22-11-6-20(7-12-22)8-13-23(14-9-20)17-19-5-3-15-24-19/h1-5,10,15H,6-9,11-14,16-17H2. The fourth-order valence-electron chi connectivity index (χ4n) is 4.21. The molecular formula is C20H27N3S. The molecule has 0 saturated carbocycles. The molecule has 2 aromatic heterocycles. The Morgan fingerprint density at radius 1 is 0.875 bits per heavy atom. The van der Waals surface area contributed by atoms with E-state index in [-0.39, 0.29) is 0 Å². The van der Waals surface area contributed by atoms with Crippen LogP contribution in [0, 0.1) is 5.41 Å². The number of rotatable bonds is 4. The van der Waals surface area contributed by atoms with Crippen molar-refractivity contribution in [1.29, 1.82) is 0 Å². The van der Waals surface area contributed by atoms with E-state index in [1.54, 1.807) is 0 Å². The van der Waals surface area contributed by atoms with E-state index >= 15 is 0 Å². The summed E-state index contributed by atoms with van der Waals surface area (Å²) in [5, 5.41) is 2.19. The Bertz CT molecular complexity index is 608. The van der Waals surface area contributed by atoms with Crippen molar-refractivity contribution in [2.45, 2.75) is 38.8 Å². The zero-order valence-corrected chi connectivity index (χ0v) is 15.2. The third-order valence-electron chi connectivity index (χ3n) is 5.90. The summed E-state index contributed by atoms with van der Waals surface area (Å²) >= 11 is 1.89. The van der Waals surface area contributed by atoms with Gasteiger partial charge in [-0.1, -0.05) is 12.1 Å². The second kappa shape index (κ2) is 7.34. The fourth-order valence-corrected chi connectivity index (χ4v) is 4.96. The average Bonchev–Trinajstić information content (AvgIpc) is 3.13. The summed E-state index contributed by atoms with van der Waals surface area (Å²) < 4.78 is 0. The molecular weight excluding hydrogens is 314 g/mol. The Balaban J connectivity index is 1.25. The summed E-state index contributed by atoms with van der Waals surface area (Å²) in [6.45, 7) is 7.19. The molecule has 4 heterocycles. The van der Waals surface area contributed by atoms with Crippen LogP contribution in [0.2, 0.25) is 0 Å². The van der Waals surface area contributed by atoms with Crippen LogP contribution in [0.1, 0.15) is 36.3 Å². The van der Waals surface area contributed by atoms with Crippen molar-refractivity contribution >= 4 is 11.3 Å². The number of pyridine rings is 1. The highest BCUT2D eigenvalue weighted by Gasteiger charge is 2.37. The van der Waals surface area contributed by atoms with E-state index in [0.29, 0.717) is 5.41 Å². The van der Waals surface area contributed by atoms with Crippen molar-refractivity contribution in [2.75, 3.05) is 26.2 Å². The number of thiophene rings is 1. The predicted molar refractivity (Wildman–Crippen MR) is 100 cm³/mol. The van der Waals surface area contributed by atoms with Crippen LogP contribution in [-0.4, -0.2) is 41.0 Å². The highest BCUT2D eigenvalue weighted by molar-refractivity contribution is 7.09. The van der Waals surface area contributed by atoms with Crippen molar-refractivity contribution in [2.24, 2.45) is 5.41 Å². The Morgan fingerprint density at radius 2 is 1.58 bits per heavy atom. The summed E-state index contributed by atoms with van der Waals surface area (Å²) in [5.41, 5.74) is 1.83. The highest BCUT2D eigenvalue weighted by Crippen LogP contribution is 2.41. The Morgan fingerprint density at radius 3 is 2.17 bits per heavy atom. The van der Waals surface area contributed by atoms with E-state index < -0.39 is 0 Å². The van der Waals surface area contributed by atoms with Crippen LogP contribution in [0.3, 0.4) is 0 Å². The Labute approximate surface area is 149 Å². The third-order valence-corrected chi connectivity index (χ3v) is 6.77. The van der Waals surface area contributed by atoms with Gasteiger partial charge in [0.15, 0.2) is 0 Å². The first-order chi connectivity index (χ1) is 11.8. The van der Waals surface area contributed by atoms with Gasteiger partial charge in [0.05, 0.1) is 5.69 Å². The maximum absolute atomic E-state index is 4.47. The molecule has 24 heavy (non-hydrogen) atoms. The summed E-state index contributed by atoms with van der Waals surface area (Å²) in [6, 6.07) is 10.7. The summed E-state index contributed by atoms with van der Waals surface area (Å²) in [7, 11) is 0. The van der Waals surface area contributed by atoms with Crippen molar-refractivity contribution in [3.05, 3.63) is 52.5 Å². The lowest BCUT2D eigenvalue weighted by Gasteiger charge is -2.46. The van der Waals surface area contributed by atoms with Gasteiger partial charge >= 0.3 is 0 Å². The number of hydrogen-bond donors (Lipinski definition) is 0. The van der Waals surface area contributed by atoms with E-state index in [9.17, 15) is 0 Å². The number of piperidine rings is 2. The Hall–Kier alpha value is -1.23. The number of nitrogens with zero attached hydrogens (tertiary/aromatic N) is 3. The molecule has 1 spiro atoms. The van der Waals surface area contributed by atoms with E-state index in [4.69, 9.17) is 0 Å². The topological polar surface area (TPSA) is 19.4 Å². The first-order valence-electron chi connectivity index (χ1n) is 9.18. The van der Waals surface area contributed by atoms with Crippen molar-refractivity contribution in [3.63, 3.8) is 0 Å². The lowest BCUT2D eigenvalue weighted by molar-refractivity contribution is 0.0299. The van der Waals surface area contributed by atoms with Gasteiger partial charge in [0.25, 0.3) is 0 Å². The van der Waals surface area contributed by atoms with Crippen LogP contribution < -0.4 is 0 Å². The zero-order chi connectivity index (χ0) is 16.2. The van der Waals surface area contributed by atoms with E-state index in [0.717, 1.165) is 13.1 Å². The minimum Gasteiger partial charge on any atom is -0.298 e. The number of aromatic nitrogens is 1. The molecule has 128 valence electrons. The molecule has 0 amide bonds. The largest absolute Gasteiger partial charge is 0.298 e. The van der Waals surface area contributed by atoms with Crippen LogP contribution in [-0.2, 0) is 13.1 Å². The molecule has 2 saturated heterocycles. The van der Waals surface area contributed by atoms with E-state index in [1.807, 2.05) is 23.6 Å². The minimum absolute atomic E-state index is 0.618. The molecule has 0 N–H and O–H groups in total. The zero-order valence-electron chi connectivity index (χ0n) is 14.4. The summed E-state index contributed by atoms with van der Waals surface area (Å²) in [6.07, 6.45) is 7.41. The lowest BCUT2D eigenvalue weighted by atomic mass is 9.71. The minimum atomic E-state index is 0.618. The van der Waals surface area contributed by atoms with Gasteiger partial charge < -0.3 is 0 Å². The summed E-state index contributed by atoms with van der Waals surface area (Å²) in [5.74, 6) is 0. The molecule has 0 bridgehead atoms. The molecule has 0 unspecified atom stereocenters. The normalized spacial score (nSPS) is 22.0. The quantitative estimate of drug-likeness (QED) is 0.837. The molecule has 2 aliphatic heterocycles. The Kier molecular flexibility index (Phi) is 4.97. The van der Waals surface area contributed by atoms with Crippen LogP contribution in [0.15, 0.2) is 41.9 Å². The average molecular weight is 342 g/mol. The van der Waals surface area contributed by atoms with Gasteiger partial charge in [-0.25, -0.2) is 0 Å². The van der Waals surface area contributed by atoms with Gasteiger partial charge in [0, 0.05) is 24.2 Å². The van der Waals surface area contributed by atoms with Gasteiger partial charge in [-0.3, -0.25) is 14.8 Å². The van der Waals surface area contributed by atoms with Crippen molar-refractivity contribution in [3.8, 4) is 0 Å². The van der Waals surface area contributed by atoms with Gasteiger partial charge in [-0.05, 0) is 80.9 Å². The molecule has 4 rings (SSSR count). The lowest BCUT2D eigenvalue weighted by Crippen LogP contribution is -2.46. The molecule has 2 aromatic rings. The molecule has 0 radical (unpaired) electrons. The second-order valence-corrected chi connectivity index (χ2v) is 8.48. The molecule has 2 aliphatic rings. The number of hydrogen-bond acceptors (Lipinski definition) is 4. The first kappa shape index (κ1) is 16.2. The van der Waals surface area contributed by atoms with Crippen LogP contribution >= 0.6 is 11.3 Å². The third kappa shape index (κ3) is 3.88. The summed E-state index contributed by atoms with van der Waals surface area (Å²) in [4.78, 5) is 11.2. The van der Waals surface area contributed by atoms with E-state index in [2.05, 4.69) is 44.4 Å². The number of likely N-dealkylation sites (tertiary alicyclic amines) is 2. The van der Waals surface area contributed by atoms with Crippen LogP contribution in [0.25, 0.3) is 0 Å². The molecule has 3 nitrogen and oxygen atoms in total. The molecule has 0 atom stereocenters. The van der Waals surface area contributed by atoms with E-state index in [1.165, 1.54) is 62.4 Å². The smallest absolute Gasteiger partial charge is 0.0543 e. The highest BCUT2D eigenvalue weighted by atomic mass is 32.1. The van der Waals surface area contributed by atoms with Crippen molar-refractivity contribution in [1.82, 2.24) is 14.8 Å². The SMILES string of the molecule is c1ccc(CN2CCC3(CC2)CCN(Cc2cccs2)CC3)nc1. The van der Waals surface area contributed by atoms with Crippen LogP contribution in [0.5, 0.6) is 0 Å². The molecule has 2 fully saturated rings. The fraction of sp³-hybridized carbons (Fsp3) is 0.550. The molecule has 4 heteroatoms. The maximum Gasteiger partial charge on any atom is 0.0543 e. The maximum atomic E-state index is 4.47. The predicted octanol–water partition coefficient (Wildman–Crippen LogP) is 4.02. The second-order valence-electron chi connectivity index (χ2n) is 7.45. The molecule has 0 aliphatic carbocycles.